The van der Waals surface area contributed by atoms with Crippen molar-refractivity contribution in [3.8, 4) is 0 Å². The van der Waals surface area contributed by atoms with E-state index in [9.17, 15) is 26.3 Å². The molecule has 2 aromatic rings. The van der Waals surface area contributed by atoms with Gasteiger partial charge in [0.1, 0.15) is 11.4 Å². The molecule has 0 aromatic carbocycles. The molecule has 168 valence electrons. The van der Waals surface area contributed by atoms with E-state index < -0.39 is 23.7 Å². The standard InChI is InChI=1S/C18H24F6N6/c1-11-7-29(9-13-5-25-27(3)15(13)17(19,20)21)8-12(2)30(11)10-14-6-26-28(4)16(14)18(22,23)24/h5-6,11-12H,7-10H2,1-4H3/t11-,12+. The van der Waals surface area contributed by atoms with E-state index in [2.05, 4.69) is 10.2 Å². The van der Waals surface area contributed by atoms with Crippen molar-refractivity contribution in [3.63, 3.8) is 0 Å². The van der Waals surface area contributed by atoms with E-state index in [1.54, 1.807) is 0 Å². The molecule has 0 amide bonds. The number of aromatic nitrogens is 4. The zero-order valence-corrected chi connectivity index (χ0v) is 17.1. The van der Waals surface area contributed by atoms with Crippen LogP contribution in [-0.4, -0.2) is 54.5 Å². The van der Waals surface area contributed by atoms with Crippen LogP contribution in [0.15, 0.2) is 12.4 Å². The number of piperazine rings is 1. The molecule has 0 radical (unpaired) electrons. The summed E-state index contributed by atoms with van der Waals surface area (Å²) >= 11 is 0. The van der Waals surface area contributed by atoms with Crippen molar-refractivity contribution in [1.82, 2.24) is 29.4 Å². The smallest absolute Gasteiger partial charge is 0.296 e. The highest BCUT2D eigenvalue weighted by molar-refractivity contribution is 5.22. The van der Waals surface area contributed by atoms with Crippen LogP contribution in [0.2, 0.25) is 0 Å². The van der Waals surface area contributed by atoms with Crippen LogP contribution in [0.4, 0.5) is 26.3 Å². The Balaban J connectivity index is 1.73. The lowest BCUT2D eigenvalue weighted by Crippen LogP contribution is -2.55. The van der Waals surface area contributed by atoms with E-state index in [0.29, 0.717) is 13.1 Å². The fourth-order valence-corrected chi connectivity index (χ4v) is 4.27. The maximum Gasteiger partial charge on any atom is 0.433 e. The van der Waals surface area contributed by atoms with E-state index in [1.807, 2.05) is 23.6 Å². The normalized spacial score (nSPS) is 22.1. The van der Waals surface area contributed by atoms with Crippen LogP contribution in [0.3, 0.4) is 0 Å². The van der Waals surface area contributed by atoms with Crippen LogP contribution in [0.1, 0.15) is 36.4 Å². The summed E-state index contributed by atoms with van der Waals surface area (Å²) in [5.41, 5.74) is -1.39. The number of hydrogen-bond donors (Lipinski definition) is 0. The maximum atomic E-state index is 13.3. The molecule has 0 saturated carbocycles. The van der Waals surface area contributed by atoms with Gasteiger partial charge in [0.05, 0.1) is 12.4 Å². The zero-order valence-electron chi connectivity index (χ0n) is 17.1. The van der Waals surface area contributed by atoms with Gasteiger partial charge in [-0.2, -0.15) is 36.5 Å². The molecule has 1 fully saturated rings. The van der Waals surface area contributed by atoms with Gasteiger partial charge in [0.2, 0.25) is 0 Å². The first-order valence-corrected chi connectivity index (χ1v) is 9.43. The first-order valence-electron chi connectivity index (χ1n) is 9.43. The molecule has 3 rings (SSSR count). The Kier molecular flexibility index (Phi) is 5.93. The van der Waals surface area contributed by atoms with Gasteiger partial charge >= 0.3 is 12.4 Å². The molecule has 30 heavy (non-hydrogen) atoms. The molecule has 0 N–H and O–H groups in total. The number of rotatable bonds is 4. The Labute approximate surface area is 170 Å². The Hall–Kier alpha value is -2.08. The summed E-state index contributed by atoms with van der Waals surface area (Å²) in [6.07, 6.45) is -6.58. The zero-order chi connectivity index (χ0) is 22.4. The third-order valence-corrected chi connectivity index (χ3v) is 5.49. The van der Waals surface area contributed by atoms with Gasteiger partial charge < -0.3 is 0 Å². The average molecular weight is 438 g/mol. The van der Waals surface area contributed by atoms with E-state index in [-0.39, 0.29) is 36.3 Å². The quantitative estimate of drug-likeness (QED) is 0.688. The van der Waals surface area contributed by atoms with Gasteiger partial charge in [0.15, 0.2) is 0 Å². The second-order valence-electron chi connectivity index (χ2n) is 7.84. The van der Waals surface area contributed by atoms with E-state index in [0.717, 1.165) is 9.36 Å². The number of nitrogens with zero attached hydrogens (tertiary/aromatic N) is 6. The van der Waals surface area contributed by atoms with Crippen LogP contribution in [0.5, 0.6) is 0 Å². The monoisotopic (exact) mass is 438 g/mol. The first kappa shape index (κ1) is 22.6. The lowest BCUT2D eigenvalue weighted by Gasteiger charge is -2.44. The minimum absolute atomic E-state index is 0.0690. The van der Waals surface area contributed by atoms with Crippen molar-refractivity contribution in [2.75, 3.05) is 13.1 Å². The Morgan fingerprint density at radius 3 is 1.60 bits per heavy atom. The largest absolute Gasteiger partial charge is 0.433 e. The van der Waals surface area contributed by atoms with Crippen molar-refractivity contribution < 1.29 is 26.3 Å². The van der Waals surface area contributed by atoms with Gasteiger partial charge in [-0.15, -0.1) is 0 Å². The molecule has 0 unspecified atom stereocenters. The van der Waals surface area contributed by atoms with Gasteiger partial charge in [-0.25, -0.2) is 0 Å². The van der Waals surface area contributed by atoms with Crippen LogP contribution in [-0.2, 0) is 39.5 Å². The first-order chi connectivity index (χ1) is 13.8. The molecule has 1 saturated heterocycles. The predicted octanol–water partition coefficient (Wildman–Crippen LogP) is 3.29. The molecule has 1 aliphatic rings. The molecule has 1 aliphatic heterocycles. The number of alkyl halides is 6. The Morgan fingerprint density at radius 2 is 1.20 bits per heavy atom. The van der Waals surface area contributed by atoms with Crippen molar-refractivity contribution in [2.24, 2.45) is 14.1 Å². The molecule has 3 heterocycles. The molecule has 2 atom stereocenters. The van der Waals surface area contributed by atoms with Gasteiger partial charge in [-0.3, -0.25) is 19.2 Å². The Bertz CT molecular complexity index is 871. The lowest BCUT2D eigenvalue weighted by atomic mass is 10.0. The minimum Gasteiger partial charge on any atom is -0.296 e. The summed E-state index contributed by atoms with van der Waals surface area (Å²) in [7, 11) is 2.50. The van der Waals surface area contributed by atoms with Crippen molar-refractivity contribution in [1.29, 1.82) is 0 Å². The second kappa shape index (κ2) is 7.88. The van der Waals surface area contributed by atoms with Crippen molar-refractivity contribution in [2.45, 2.75) is 51.4 Å². The average Bonchev–Trinajstić information content (AvgIpc) is 3.13. The molecular weight excluding hydrogens is 414 g/mol. The van der Waals surface area contributed by atoms with Crippen LogP contribution in [0.25, 0.3) is 0 Å². The predicted molar refractivity (Wildman–Crippen MR) is 96.2 cm³/mol. The van der Waals surface area contributed by atoms with Gasteiger partial charge in [0.25, 0.3) is 0 Å². The highest BCUT2D eigenvalue weighted by Gasteiger charge is 2.40. The molecular formula is C18H24F6N6. The third-order valence-electron chi connectivity index (χ3n) is 5.49. The second-order valence-corrected chi connectivity index (χ2v) is 7.84. The molecule has 0 spiro atoms. The Morgan fingerprint density at radius 1 is 0.800 bits per heavy atom. The van der Waals surface area contributed by atoms with Crippen molar-refractivity contribution in [3.05, 3.63) is 34.9 Å². The van der Waals surface area contributed by atoms with Crippen molar-refractivity contribution >= 4 is 0 Å². The lowest BCUT2D eigenvalue weighted by molar-refractivity contribution is -0.145. The van der Waals surface area contributed by atoms with Gasteiger partial charge in [-0.05, 0) is 13.8 Å². The third kappa shape index (κ3) is 4.48. The molecule has 6 nitrogen and oxygen atoms in total. The molecule has 2 aromatic heterocycles. The summed E-state index contributed by atoms with van der Waals surface area (Å²) in [4.78, 5) is 3.81. The van der Waals surface area contributed by atoms with E-state index in [4.69, 9.17) is 0 Å². The highest BCUT2D eigenvalue weighted by Crippen LogP contribution is 2.34. The molecule has 0 aliphatic carbocycles. The maximum absolute atomic E-state index is 13.3. The number of halogens is 6. The molecule has 0 bridgehead atoms. The SMILES string of the molecule is C[C@@H]1CN(Cc2cnn(C)c2C(F)(F)F)C[C@H](C)N1Cc1cnn(C)c1C(F)(F)F. The number of aryl methyl sites for hydroxylation is 2. The summed E-state index contributed by atoms with van der Waals surface area (Å²) < 4.78 is 81.6. The van der Waals surface area contributed by atoms with E-state index >= 15 is 0 Å². The molecule has 12 heteroatoms. The summed E-state index contributed by atoms with van der Waals surface area (Å²) in [6, 6.07) is -0.304. The minimum atomic E-state index is -4.51. The summed E-state index contributed by atoms with van der Waals surface area (Å²) in [5.74, 6) is 0. The van der Waals surface area contributed by atoms with Gasteiger partial charge in [0, 0.05) is 63.5 Å². The van der Waals surface area contributed by atoms with Crippen LogP contribution >= 0.6 is 0 Å². The topological polar surface area (TPSA) is 42.1 Å². The van der Waals surface area contributed by atoms with E-state index in [1.165, 1.54) is 26.5 Å². The number of hydrogen-bond acceptors (Lipinski definition) is 4. The van der Waals surface area contributed by atoms with Crippen LogP contribution in [0, 0.1) is 0 Å². The fraction of sp³-hybridized carbons (Fsp3) is 0.667. The van der Waals surface area contributed by atoms with Gasteiger partial charge in [-0.1, -0.05) is 0 Å². The summed E-state index contributed by atoms with van der Waals surface area (Å²) in [6.45, 7) is 4.72. The van der Waals surface area contributed by atoms with Crippen LogP contribution < -0.4 is 0 Å². The fourth-order valence-electron chi connectivity index (χ4n) is 4.27. The summed E-state index contributed by atoms with van der Waals surface area (Å²) in [5, 5.41) is 7.48. The highest BCUT2D eigenvalue weighted by atomic mass is 19.4.